The maximum absolute atomic E-state index is 13.8. The van der Waals surface area contributed by atoms with Crippen LogP contribution in [0.15, 0.2) is 70.7 Å². The lowest BCUT2D eigenvalue weighted by molar-refractivity contribution is -0.132. The number of thioether (sulfide) groups is 1. The van der Waals surface area contributed by atoms with Gasteiger partial charge < -0.3 is 15.2 Å². The smallest absolute Gasteiger partial charge is 0.264 e. The van der Waals surface area contributed by atoms with E-state index in [-0.39, 0.29) is 11.5 Å². The summed E-state index contributed by atoms with van der Waals surface area (Å²) in [6.45, 7) is 2.37. The predicted molar refractivity (Wildman–Crippen MR) is 152 cm³/mol. The molecule has 2 N–H and O–H groups in total. The Morgan fingerprint density at radius 1 is 1.08 bits per heavy atom. The molecule has 0 radical (unpaired) electrons. The summed E-state index contributed by atoms with van der Waals surface area (Å²) in [4.78, 5) is 36.9. The van der Waals surface area contributed by atoms with Crippen molar-refractivity contribution in [3.63, 3.8) is 0 Å². The standard InChI is InChI=1S/C30H33N5O2S/c36-28(14-17-31-16-13-21-19-32-26-12-5-4-11-24(21)26)34-18-15-27-25(20-34)29(37)35(22-7-2-1-3-8-22)30(33-27)38-23-9-6-10-23/h1-5,7-8,11-12,19,23,31-32H,6,9-10,13-18,20H2. The number of H-pyrrole nitrogens is 1. The van der Waals surface area contributed by atoms with Gasteiger partial charge in [-0.25, -0.2) is 4.98 Å². The van der Waals surface area contributed by atoms with E-state index in [0.717, 1.165) is 35.0 Å². The van der Waals surface area contributed by atoms with Crippen molar-refractivity contribution in [1.82, 2.24) is 24.8 Å². The van der Waals surface area contributed by atoms with E-state index in [0.29, 0.717) is 43.3 Å². The Morgan fingerprint density at radius 3 is 2.71 bits per heavy atom. The highest BCUT2D eigenvalue weighted by Gasteiger charge is 2.28. The quantitative estimate of drug-likeness (QED) is 0.248. The third kappa shape index (κ3) is 5.15. The second kappa shape index (κ2) is 11.2. The summed E-state index contributed by atoms with van der Waals surface area (Å²) in [5.74, 6) is 0.0776. The molecule has 0 unspecified atom stereocenters. The summed E-state index contributed by atoms with van der Waals surface area (Å²) in [5.41, 5.74) is 4.72. The highest BCUT2D eigenvalue weighted by atomic mass is 32.2. The van der Waals surface area contributed by atoms with E-state index in [9.17, 15) is 9.59 Å². The number of hydrogen-bond acceptors (Lipinski definition) is 5. The molecule has 2 aromatic carbocycles. The minimum atomic E-state index is -0.0441. The molecule has 1 aliphatic heterocycles. The van der Waals surface area contributed by atoms with Crippen LogP contribution in [-0.4, -0.2) is 50.2 Å². The molecule has 2 aromatic heterocycles. The van der Waals surface area contributed by atoms with Crippen LogP contribution in [0, 0.1) is 0 Å². The maximum atomic E-state index is 13.8. The normalized spacial score (nSPS) is 15.4. The molecule has 0 saturated heterocycles. The summed E-state index contributed by atoms with van der Waals surface area (Å²) >= 11 is 1.72. The summed E-state index contributed by atoms with van der Waals surface area (Å²) in [7, 11) is 0. The van der Waals surface area contributed by atoms with Gasteiger partial charge in [0.2, 0.25) is 5.91 Å². The van der Waals surface area contributed by atoms with E-state index in [1.54, 1.807) is 16.3 Å². The van der Waals surface area contributed by atoms with E-state index in [4.69, 9.17) is 4.98 Å². The van der Waals surface area contributed by atoms with Crippen molar-refractivity contribution in [2.24, 2.45) is 0 Å². The van der Waals surface area contributed by atoms with Gasteiger partial charge in [-0.15, -0.1) is 0 Å². The highest BCUT2D eigenvalue weighted by molar-refractivity contribution is 7.99. The Labute approximate surface area is 226 Å². The molecule has 196 valence electrons. The van der Waals surface area contributed by atoms with Crippen LogP contribution in [0.3, 0.4) is 0 Å². The third-order valence-corrected chi connectivity index (χ3v) is 8.94. The average Bonchev–Trinajstić information content (AvgIpc) is 3.34. The molecule has 6 rings (SSSR count). The Balaban J connectivity index is 1.09. The third-order valence-electron chi connectivity index (χ3n) is 7.65. The van der Waals surface area contributed by atoms with Crippen LogP contribution < -0.4 is 10.9 Å². The molecule has 0 spiro atoms. The molecular weight excluding hydrogens is 494 g/mol. The number of aromatic nitrogens is 3. The molecule has 7 nitrogen and oxygen atoms in total. The molecule has 1 amide bonds. The van der Waals surface area contributed by atoms with Crippen molar-refractivity contribution in [1.29, 1.82) is 0 Å². The van der Waals surface area contributed by atoms with Gasteiger partial charge in [-0.3, -0.25) is 14.2 Å². The van der Waals surface area contributed by atoms with Gasteiger partial charge in [0.05, 0.1) is 23.5 Å². The zero-order valence-corrected chi connectivity index (χ0v) is 22.3. The zero-order chi connectivity index (χ0) is 25.9. The number of aromatic amines is 1. The molecule has 1 saturated carbocycles. The van der Waals surface area contributed by atoms with Crippen molar-refractivity contribution in [2.45, 2.75) is 55.5 Å². The fourth-order valence-corrected chi connectivity index (χ4v) is 6.55. The first-order chi connectivity index (χ1) is 18.7. The fourth-order valence-electron chi connectivity index (χ4n) is 5.23. The lowest BCUT2D eigenvalue weighted by Crippen LogP contribution is -2.42. The Bertz CT molecular complexity index is 1490. The second-order valence-corrected chi connectivity index (χ2v) is 11.4. The van der Waals surface area contributed by atoms with Gasteiger partial charge in [0.15, 0.2) is 5.16 Å². The molecule has 1 fully saturated rings. The summed E-state index contributed by atoms with van der Waals surface area (Å²) in [6.07, 6.45) is 7.59. The van der Waals surface area contributed by atoms with E-state index >= 15 is 0 Å². The molecule has 1 aliphatic carbocycles. The van der Waals surface area contributed by atoms with Gasteiger partial charge in [0.1, 0.15) is 0 Å². The maximum Gasteiger partial charge on any atom is 0.264 e. The minimum Gasteiger partial charge on any atom is -0.361 e. The SMILES string of the molecule is O=C(CCNCCc1c[nH]c2ccccc12)N1CCc2nc(SC3CCC3)n(-c3ccccc3)c(=O)c2C1. The molecular formula is C30H33N5O2S. The van der Waals surface area contributed by atoms with Gasteiger partial charge in [-0.2, -0.15) is 0 Å². The first kappa shape index (κ1) is 24.9. The number of amides is 1. The number of benzene rings is 2. The van der Waals surface area contributed by atoms with Crippen LogP contribution in [0.2, 0.25) is 0 Å². The summed E-state index contributed by atoms with van der Waals surface area (Å²) in [6, 6.07) is 18.1. The van der Waals surface area contributed by atoms with Gasteiger partial charge in [-0.05, 0) is 49.6 Å². The van der Waals surface area contributed by atoms with E-state index in [1.165, 1.54) is 30.2 Å². The monoisotopic (exact) mass is 527 g/mol. The van der Waals surface area contributed by atoms with Gasteiger partial charge in [0.25, 0.3) is 5.56 Å². The molecule has 38 heavy (non-hydrogen) atoms. The van der Waals surface area contributed by atoms with E-state index in [1.807, 2.05) is 41.3 Å². The second-order valence-electron chi connectivity index (χ2n) is 10.1. The van der Waals surface area contributed by atoms with Crippen molar-refractivity contribution >= 4 is 28.6 Å². The van der Waals surface area contributed by atoms with Gasteiger partial charge in [0, 0.05) is 48.3 Å². The largest absolute Gasteiger partial charge is 0.361 e. The van der Waals surface area contributed by atoms with Crippen LogP contribution in [0.4, 0.5) is 0 Å². The number of fused-ring (bicyclic) bond motifs is 2. The molecule has 0 bridgehead atoms. The molecule has 0 atom stereocenters. The Hall–Kier alpha value is -3.36. The van der Waals surface area contributed by atoms with Crippen LogP contribution >= 0.6 is 11.8 Å². The molecule has 8 heteroatoms. The lowest BCUT2D eigenvalue weighted by Gasteiger charge is -2.30. The average molecular weight is 528 g/mol. The fraction of sp³-hybridized carbons (Fsp3) is 0.367. The topological polar surface area (TPSA) is 83.0 Å². The van der Waals surface area contributed by atoms with Crippen molar-refractivity contribution in [3.8, 4) is 5.69 Å². The van der Waals surface area contributed by atoms with E-state index in [2.05, 4.69) is 34.7 Å². The molecule has 3 heterocycles. The number of hydrogen-bond donors (Lipinski definition) is 2. The van der Waals surface area contributed by atoms with Crippen LogP contribution in [0.1, 0.15) is 42.5 Å². The Morgan fingerprint density at radius 2 is 1.89 bits per heavy atom. The molecule has 2 aliphatic rings. The van der Waals surface area contributed by atoms with Crippen molar-refractivity contribution < 1.29 is 4.79 Å². The van der Waals surface area contributed by atoms with Crippen molar-refractivity contribution in [3.05, 3.63) is 88.0 Å². The zero-order valence-electron chi connectivity index (χ0n) is 21.5. The van der Waals surface area contributed by atoms with Gasteiger partial charge in [-0.1, -0.05) is 54.6 Å². The lowest BCUT2D eigenvalue weighted by atomic mass is 10.0. The van der Waals surface area contributed by atoms with Gasteiger partial charge >= 0.3 is 0 Å². The van der Waals surface area contributed by atoms with Crippen LogP contribution in [0.25, 0.3) is 16.6 Å². The Kier molecular flexibility index (Phi) is 7.33. The number of para-hydroxylation sites is 2. The number of nitrogens with one attached hydrogen (secondary N) is 2. The first-order valence-electron chi connectivity index (χ1n) is 13.6. The molecule has 4 aromatic rings. The number of nitrogens with zero attached hydrogens (tertiary/aromatic N) is 3. The van der Waals surface area contributed by atoms with Crippen molar-refractivity contribution in [2.75, 3.05) is 19.6 Å². The number of carbonyl (C=O) groups is 1. The van der Waals surface area contributed by atoms with Crippen LogP contribution in [0.5, 0.6) is 0 Å². The number of rotatable bonds is 9. The first-order valence-corrected chi connectivity index (χ1v) is 14.5. The van der Waals surface area contributed by atoms with Crippen LogP contribution in [-0.2, 0) is 24.2 Å². The summed E-state index contributed by atoms with van der Waals surface area (Å²) in [5, 5.41) is 5.97. The predicted octanol–water partition coefficient (Wildman–Crippen LogP) is 4.47. The minimum absolute atomic E-state index is 0.0441. The summed E-state index contributed by atoms with van der Waals surface area (Å²) < 4.78 is 1.75. The number of carbonyl (C=O) groups excluding carboxylic acids is 1. The van der Waals surface area contributed by atoms with E-state index < -0.39 is 0 Å². The highest BCUT2D eigenvalue weighted by Crippen LogP contribution is 2.36.